The number of nitrogens with one attached hydrogen (secondary N) is 1. The Morgan fingerprint density at radius 1 is 1.29 bits per heavy atom. The van der Waals surface area contributed by atoms with Crippen molar-refractivity contribution in [1.29, 1.82) is 0 Å². The highest BCUT2D eigenvalue weighted by Gasteiger charge is 2.11. The summed E-state index contributed by atoms with van der Waals surface area (Å²) in [5, 5.41) is 3.43. The third kappa shape index (κ3) is 3.73. The first-order valence-corrected chi connectivity index (χ1v) is 6.60. The first-order valence-electron chi connectivity index (χ1n) is 6.60. The summed E-state index contributed by atoms with van der Waals surface area (Å²) < 4.78 is 3.58. The molecule has 98 valence electrons. The zero-order chi connectivity index (χ0) is 12.8. The van der Waals surface area contributed by atoms with Crippen molar-refractivity contribution in [2.75, 3.05) is 6.54 Å². The molecule has 0 aromatic carbocycles. The molecular weight excluding hydrogens is 214 g/mol. The fourth-order valence-corrected chi connectivity index (χ4v) is 2.09. The molecule has 0 aliphatic heterocycles. The number of nitrogens with zero attached hydrogens (tertiary/aromatic N) is 2. The first-order chi connectivity index (χ1) is 8.10. The highest BCUT2D eigenvalue weighted by atomic mass is 16.1. The SMILES string of the molecule is CCCC(Cn1ccn(C(C)C)c1=O)NCC. The Bertz CT molecular complexity index is 372. The van der Waals surface area contributed by atoms with Crippen molar-refractivity contribution in [1.82, 2.24) is 14.5 Å². The van der Waals surface area contributed by atoms with Crippen LogP contribution in [0.5, 0.6) is 0 Å². The van der Waals surface area contributed by atoms with Gasteiger partial charge in [0.15, 0.2) is 0 Å². The predicted octanol–water partition coefficient (Wildman–Crippen LogP) is 2.01. The van der Waals surface area contributed by atoms with Crippen LogP contribution in [0.2, 0.25) is 0 Å². The Kier molecular flexibility index (Phi) is 5.48. The maximum atomic E-state index is 12.1. The average molecular weight is 239 g/mol. The fraction of sp³-hybridized carbons (Fsp3) is 0.769. The van der Waals surface area contributed by atoms with Crippen LogP contribution in [-0.2, 0) is 6.54 Å². The van der Waals surface area contributed by atoms with Gasteiger partial charge in [0.1, 0.15) is 0 Å². The molecule has 1 N–H and O–H groups in total. The minimum absolute atomic E-state index is 0.0963. The number of rotatable bonds is 7. The van der Waals surface area contributed by atoms with Crippen molar-refractivity contribution in [2.45, 2.75) is 59.2 Å². The first kappa shape index (κ1) is 14.0. The van der Waals surface area contributed by atoms with Crippen LogP contribution in [0.3, 0.4) is 0 Å². The monoisotopic (exact) mass is 239 g/mol. The van der Waals surface area contributed by atoms with Crippen LogP contribution in [-0.4, -0.2) is 21.7 Å². The average Bonchev–Trinajstić information content (AvgIpc) is 2.61. The van der Waals surface area contributed by atoms with Gasteiger partial charge in [0, 0.05) is 31.0 Å². The van der Waals surface area contributed by atoms with Gasteiger partial charge in [0.25, 0.3) is 0 Å². The molecule has 1 aromatic rings. The summed E-state index contributed by atoms with van der Waals surface area (Å²) in [4.78, 5) is 12.1. The highest BCUT2D eigenvalue weighted by molar-refractivity contribution is 4.85. The van der Waals surface area contributed by atoms with Crippen LogP contribution in [0, 0.1) is 0 Å². The Labute approximate surface area is 104 Å². The van der Waals surface area contributed by atoms with Gasteiger partial charge in [0.05, 0.1) is 0 Å². The standard InChI is InChI=1S/C13H25N3O/c1-5-7-12(14-6-2)10-15-8-9-16(11(3)4)13(15)17/h8-9,11-12,14H,5-7,10H2,1-4H3. The quantitative estimate of drug-likeness (QED) is 0.790. The van der Waals surface area contributed by atoms with Gasteiger partial charge in [-0.25, -0.2) is 4.79 Å². The molecule has 0 amide bonds. The number of imidazole rings is 1. The van der Waals surface area contributed by atoms with Crippen LogP contribution < -0.4 is 11.0 Å². The molecule has 0 radical (unpaired) electrons. The molecule has 4 heteroatoms. The van der Waals surface area contributed by atoms with Gasteiger partial charge in [-0.3, -0.25) is 9.13 Å². The Hall–Kier alpha value is -1.03. The summed E-state index contributed by atoms with van der Waals surface area (Å²) in [6.45, 7) is 10.0. The van der Waals surface area contributed by atoms with E-state index in [1.807, 2.05) is 30.8 Å². The second-order valence-corrected chi connectivity index (χ2v) is 4.78. The molecule has 0 fully saturated rings. The van der Waals surface area contributed by atoms with Gasteiger partial charge < -0.3 is 5.32 Å². The van der Waals surface area contributed by atoms with E-state index in [9.17, 15) is 4.79 Å². The molecule has 4 nitrogen and oxygen atoms in total. The van der Waals surface area contributed by atoms with Gasteiger partial charge in [-0.1, -0.05) is 20.3 Å². The lowest BCUT2D eigenvalue weighted by atomic mass is 10.1. The van der Waals surface area contributed by atoms with Gasteiger partial charge in [0.2, 0.25) is 0 Å². The van der Waals surface area contributed by atoms with E-state index in [1.54, 1.807) is 4.57 Å². The smallest absolute Gasteiger partial charge is 0.312 e. The van der Waals surface area contributed by atoms with Gasteiger partial charge in [-0.05, 0) is 26.8 Å². The largest absolute Gasteiger partial charge is 0.328 e. The molecule has 1 rings (SSSR count). The van der Waals surface area contributed by atoms with E-state index in [-0.39, 0.29) is 11.7 Å². The second kappa shape index (κ2) is 6.64. The molecule has 1 heterocycles. The number of hydrogen-bond acceptors (Lipinski definition) is 2. The summed E-state index contributed by atoms with van der Waals surface area (Å²) >= 11 is 0. The van der Waals surface area contributed by atoms with Gasteiger partial charge >= 0.3 is 5.69 Å². The summed E-state index contributed by atoms with van der Waals surface area (Å²) in [7, 11) is 0. The number of hydrogen-bond donors (Lipinski definition) is 1. The maximum absolute atomic E-state index is 12.1. The van der Waals surface area contributed by atoms with E-state index in [0.29, 0.717) is 6.04 Å². The number of aromatic nitrogens is 2. The molecule has 0 spiro atoms. The fourth-order valence-electron chi connectivity index (χ4n) is 2.09. The molecule has 0 aliphatic carbocycles. The van der Waals surface area contributed by atoms with E-state index in [1.165, 1.54) is 0 Å². The van der Waals surface area contributed by atoms with Crippen molar-refractivity contribution in [3.8, 4) is 0 Å². The van der Waals surface area contributed by atoms with E-state index >= 15 is 0 Å². The molecule has 0 saturated carbocycles. The molecular formula is C13H25N3O. The molecule has 1 atom stereocenters. The molecule has 0 bridgehead atoms. The highest BCUT2D eigenvalue weighted by Crippen LogP contribution is 2.02. The third-order valence-corrected chi connectivity index (χ3v) is 2.98. The topological polar surface area (TPSA) is 39.0 Å². The third-order valence-electron chi connectivity index (χ3n) is 2.98. The zero-order valence-electron chi connectivity index (χ0n) is 11.4. The van der Waals surface area contributed by atoms with Crippen molar-refractivity contribution < 1.29 is 0 Å². The Balaban J connectivity index is 2.75. The van der Waals surface area contributed by atoms with Crippen molar-refractivity contribution in [3.05, 3.63) is 22.9 Å². The van der Waals surface area contributed by atoms with E-state index in [4.69, 9.17) is 0 Å². The van der Waals surface area contributed by atoms with Gasteiger partial charge in [-0.15, -0.1) is 0 Å². The van der Waals surface area contributed by atoms with Crippen LogP contribution in [0.1, 0.15) is 46.6 Å². The minimum Gasteiger partial charge on any atom is -0.312 e. The lowest BCUT2D eigenvalue weighted by molar-refractivity contribution is 0.417. The minimum atomic E-state index is 0.0963. The summed E-state index contributed by atoms with van der Waals surface area (Å²) in [5.41, 5.74) is 0.0963. The summed E-state index contributed by atoms with van der Waals surface area (Å²) in [6.07, 6.45) is 6.01. The normalized spacial score (nSPS) is 13.2. The molecule has 0 saturated heterocycles. The van der Waals surface area contributed by atoms with Crippen molar-refractivity contribution in [3.63, 3.8) is 0 Å². The number of likely N-dealkylation sites (N-methyl/N-ethyl adjacent to an activating group) is 1. The molecule has 17 heavy (non-hydrogen) atoms. The van der Waals surface area contributed by atoms with E-state index in [2.05, 4.69) is 19.2 Å². The van der Waals surface area contributed by atoms with E-state index in [0.717, 1.165) is 25.9 Å². The summed E-state index contributed by atoms with van der Waals surface area (Å²) in [6, 6.07) is 0.623. The summed E-state index contributed by atoms with van der Waals surface area (Å²) in [5.74, 6) is 0. The molecule has 0 aliphatic rings. The van der Waals surface area contributed by atoms with Crippen molar-refractivity contribution in [2.24, 2.45) is 0 Å². The lowest BCUT2D eigenvalue weighted by Crippen LogP contribution is -2.37. The van der Waals surface area contributed by atoms with E-state index < -0.39 is 0 Å². The molecule has 1 unspecified atom stereocenters. The van der Waals surface area contributed by atoms with Crippen molar-refractivity contribution >= 4 is 0 Å². The van der Waals surface area contributed by atoms with Crippen LogP contribution in [0.4, 0.5) is 0 Å². The Morgan fingerprint density at radius 2 is 2.00 bits per heavy atom. The molecule has 1 aromatic heterocycles. The lowest BCUT2D eigenvalue weighted by Gasteiger charge is -2.17. The maximum Gasteiger partial charge on any atom is 0.328 e. The Morgan fingerprint density at radius 3 is 2.47 bits per heavy atom. The van der Waals surface area contributed by atoms with Crippen LogP contribution in [0.15, 0.2) is 17.2 Å². The second-order valence-electron chi connectivity index (χ2n) is 4.78. The van der Waals surface area contributed by atoms with Gasteiger partial charge in [-0.2, -0.15) is 0 Å². The predicted molar refractivity (Wildman–Crippen MR) is 71.4 cm³/mol. The zero-order valence-corrected chi connectivity index (χ0v) is 11.4. The van der Waals surface area contributed by atoms with Crippen LogP contribution >= 0.6 is 0 Å². The van der Waals surface area contributed by atoms with Crippen LogP contribution in [0.25, 0.3) is 0 Å².